The van der Waals surface area contributed by atoms with Gasteiger partial charge in [-0.15, -0.1) is 0 Å². The van der Waals surface area contributed by atoms with E-state index >= 15 is 0 Å². The van der Waals surface area contributed by atoms with Crippen LogP contribution in [0.4, 0.5) is 4.79 Å². The third-order valence-electron chi connectivity index (χ3n) is 4.51. The zero-order valence-corrected chi connectivity index (χ0v) is 14.0. The lowest BCUT2D eigenvalue weighted by Crippen LogP contribution is -2.44. The lowest BCUT2D eigenvalue weighted by atomic mass is 9.77. The van der Waals surface area contributed by atoms with Gasteiger partial charge in [0.2, 0.25) is 0 Å². The van der Waals surface area contributed by atoms with E-state index in [1.165, 1.54) is 12.7 Å². The Morgan fingerprint density at radius 3 is 2.44 bits per heavy atom. The summed E-state index contributed by atoms with van der Waals surface area (Å²) < 4.78 is 5.01. The minimum Gasteiger partial charge on any atom is -0.459 e. The summed E-state index contributed by atoms with van der Waals surface area (Å²) in [7, 11) is 0. The SMILES string of the molecule is O=C(NCCNC(=O)c1ccco1)NC(c1ccccc1)C1CCC1. The molecule has 0 bridgehead atoms. The monoisotopic (exact) mass is 341 g/mol. The number of rotatable bonds is 7. The van der Waals surface area contributed by atoms with Crippen LogP contribution in [-0.4, -0.2) is 25.0 Å². The van der Waals surface area contributed by atoms with Crippen molar-refractivity contribution in [1.29, 1.82) is 0 Å². The minimum atomic E-state index is -0.288. The molecule has 1 aliphatic rings. The molecule has 3 rings (SSSR count). The molecule has 0 aliphatic heterocycles. The van der Waals surface area contributed by atoms with E-state index in [1.807, 2.05) is 30.3 Å². The van der Waals surface area contributed by atoms with Crippen LogP contribution in [-0.2, 0) is 0 Å². The molecule has 6 heteroatoms. The third kappa shape index (κ3) is 4.62. The number of furan rings is 1. The van der Waals surface area contributed by atoms with Crippen LogP contribution in [0.15, 0.2) is 53.1 Å². The number of hydrogen-bond acceptors (Lipinski definition) is 3. The summed E-state index contributed by atoms with van der Waals surface area (Å²) in [4.78, 5) is 23.9. The molecule has 1 aliphatic carbocycles. The van der Waals surface area contributed by atoms with Gasteiger partial charge in [0.15, 0.2) is 5.76 Å². The molecule has 132 valence electrons. The molecule has 2 aromatic rings. The van der Waals surface area contributed by atoms with Crippen molar-refractivity contribution in [3.63, 3.8) is 0 Å². The van der Waals surface area contributed by atoms with Crippen molar-refractivity contribution in [1.82, 2.24) is 16.0 Å². The number of nitrogens with one attached hydrogen (secondary N) is 3. The molecule has 1 unspecified atom stereocenters. The second-order valence-electron chi connectivity index (χ2n) is 6.21. The molecule has 1 aromatic heterocycles. The summed E-state index contributed by atoms with van der Waals surface area (Å²) in [6.45, 7) is 0.691. The first-order chi connectivity index (χ1) is 12.2. The normalized spacial score (nSPS) is 15.0. The van der Waals surface area contributed by atoms with E-state index in [-0.39, 0.29) is 23.7 Å². The fourth-order valence-electron chi connectivity index (χ4n) is 2.95. The minimum absolute atomic E-state index is 0.0349. The summed E-state index contributed by atoms with van der Waals surface area (Å²) in [6.07, 6.45) is 4.94. The van der Waals surface area contributed by atoms with Crippen molar-refractivity contribution in [3.8, 4) is 0 Å². The second-order valence-corrected chi connectivity index (χ2v) is 6.21. The summed E-state index contributed by atoms with van der Waals surface area (Å²) in [5, 5.41) is 8.56. The summed E-state index contributed by atoms with van der Waals surface area (Å²) in [6, 6.07) is 13.1. The van der Waals surface area contributed by atoms with E-state index in [2.05, 4.69) is 16.0 Å². The maximum absolute atomic E-state index is 12.2. The van der Waals surface area contributed by atoms with Crippen LogP contribution in [0.2, 0.25) is 0 Å². The maximum atomic E-state index is 12.2. The van der Waals surface area contributed by atoms with Crippen LogP contribution in [0.25, 0.3) is 0 Å². The summed E-state index contributed by atoms with van der Waals surface area (Å²) in [5.74, 6) is 0.467. The van der Waals surface area contributed by atoms with Crippen molar-refractivity contribution < 1.29 is 14.0 Å². The third-order valence-corrected chi connectivity index (χ3v) is 4.51. The van der Waals surface area contributed by atoms with Crippen molar-refractivity contribution in [3.05, 3.63) is 60.1 Å². The van der Waals surface area contributed by atoms with Crippen LogP contribution in [0, 0.1) is 5.92 Å². The molecule has 1 aromatic carbocycles. The van der Waals surface area contributed by atoms with E-state index in [0.29, 0.717) is 19.0 Å². The lowest BCUT2D eigenvalue weighted by Gasteiger charge is -2.34. The Morgan fingerprint density at radius 1 is 1.04 bits per heavy atom. The maximum Gasteiger partial charge on any atom is 0.315 e. The van der Waals surface area contributed by atoms with Gasteiger partial charge >= 0.3 is 6.03 Å². The average Bonchev–Trinajstić information content (AvgIpc) is 3.12. The highest BCUT2D eigenvalue weighted by Crippen LogP contribution is 2.37. The van der Waals surface area contributed by atoms with E-state index in [1.54, 1.807) is 12.1 Å². The van der Waals surface area contributed by atoms with Crippen LogP contribution in [0.1, 0.15) is 41.4 Å². The highest BCUT2D eigenvalue weighted by molar-refractivity contribution is 5.91. The number of carbonyl (C=O) groups excluding carboxylic acids is 2. The molecule has 6 nitrogen and oxygen atoms in total. The topological polar surface area (TPSA) is 83.4 Å². The largest absolute Gasteiger partial charge is 0.459 e. The van der Waals surface area contributed by atoms with Crippen LogP contribution in [0.3, 0.4) is 0 Å². The number of benzene rings is 1. The van der Waals surface area contributed by atoms with E-state index < -0.39 is 0 Å². The van der Waals surface area contributed by atoms with Crippen molar-refractivity contribution in [2.45, 2.75) is 25.3 Å². The number of carbonyl (C=O) groups is 2. The Bertz CT molecular complexity index is 681. The van der Waals surface area contributed by atoms with Crippen molar-refractivity contribution >= 4 is 11.9 Å². The van der Waals surface area contributed by atoms with Gasteiger partial charge in [-0.3, -0.25) is 4.79 Å². The van der Waals surface area contributed by atoms with Gasteiger partial charge in [-0.1, -0.05) is 36.8 Å². The van der Waals surface area contributed by atoms with Crippen molar-refractivity contribution in [2.75, 3.05) is 13.1 Å². The highest BCUT2D eigenvalue weighted by Gasteiger charge is 2.29. The molecule has 0 saturated heterocycles. The first-order valence-corrected chi connectivity index (χ1v) is 8.65. The van der Waals surface area contributed by atoms with Crippen LogP contribution < -0.4 is 16.0 Å². The first-order valence-electron chi connectivity index (χ1n) is 8.65. The molecule has 1 fully saturated rings. The molecule has 3 N–H and O–H groups in total. The van der Waals surface area contributed by atoms with Crippen LogP contribution in [0.5, 0.6) is 0 Å². The standard InChI is InChI=1S/C19H23N3O3/c23-18(16-10-5-13-25-16)20-11-12-21-19(24)22-17(15-8-4-9-15)14-6-2-1-3-7-14/h1-3,5-7,10,13,15,17H,4,8-9,11-12H2,(H,20,23)(H2,21,22,24). The van der Waals surface area contributed by atoms with Gasteiger partial charge in [-0.2, -0.15) is 0 Å². The highest BCUT2D eigenvalue weighted by atomic mass is 16.3. The Kier molecular flexibility index (Phi) is 5.72. The molecule has 25 heavy (non-hydrogen) atoms. The summed E-state index contributed by atoms with van der Waals surface area (Å²) >= 11 is 0. The Hall–Kier alpha value is -2.76. The molecular formula is C19H23N3O3. The van der Waals surface area contributed by atoms with E-state index in [0.717, 1.165) is 18.4 Å². The fraction of sp³-hybridized carbons (Fsp3) is 0.368. The number of hydrogen-bond donors (Lipinski definition) is 3. The molecule has 0 spiro atoms. The first kappa shape index (κ1) is 17.1. The van der Waals surface area contributed by atoms with E-state index in [9.17, 15) is 9.59 Å². The molecule has 3 amide bonds. The molecule has 1 heterocycles. The zero-order chi connectivity index (χ0) is 17.5. The molecular weight excluding hydrogens is 318 g/mol. The van der Waals surface area contributed by atoms with Gasteiger partial charge in [0.1, 0.15) is 0 Å². The predicted molar refractivity (Wildman–Crippen MR) is 94.1 cm³/mol. The molecule has 1 atom stereocenters. The Labute approximate surface area is 147 Å². The van der Waals surface area contributed by atoms with Gasteiger partial charge in [0.25, 0.3) is 5.91 Å². The smallest absolute Gasteiger partial charge is 0.315 e. The zero-order valence-electron chi connectivity index (χ0n) is 14.0. The van der Waals surface area contributed by atoms with Crippen LogP contribution >= 0.6 is 0 Å². The van der Waals surface area contributed by atoms with Gasteiger partial charge in [0, 0.05) is 13.1 Å². The molecule has 1 saturated carbocycles. The fourth-order valence-corrected chi connectivity index (χ4v) is 2.95. The Morgan fingerprint density at radius 2 is 1.80 bits per heavy atom. The second kappa shape index (κ2) is 8.37. The number of amides is 3. The van der Waals surface area contributed by atoms with E-state index in [4.69, 9.17) is 4.42 Å². The quantitative estimate of drug-likeness (QED) is 0.677. The summed E-state index contributed by atoms with van der Waals surface area (Å²) in [5.41, 5.74) is 1.13. The van der Waals surface area contributed by atoms with Gasteiger partial charge < -0.3 is 20.4 Å². The predicted octanol–water partition coefficient (Wildman–Crippen LogP) is 2.85. The van der Waals surface area contributed by atoms with Gasteiger partial charge in [-0.05, 0) is 36.5 Å². The number of urea groups is 1. The van der Waals surface area contributed by atoms with Gasteiger partial charge in [-0.25, -0.2) is 4.79 Å². The van der Waals surface area contributed by atoms with Gasteiger partial charge in [0.05, 0.1) is 12.3 Å². The molecule has 0 radical (unpaired) electrons. The van der Waals surface area contributed by atoms with Crippen molar-refractivity contribution in [2.24, 2.45) is 5.92 Å². The average molecular weight is 341 g/mol. The lowest BCUT2D eigenvalue weighted by molar-refractivity contribution is 0.0926. The Balaban J connectivity index is 1.43.